The topological polar surface area (TPSA) is 103 Å². The van der Waals surface area contributed by atoms with Crippen LogP contribution in [0.3, 0.4) is 0 Å². The highest BCUT2D eigenvalue weighted by atomic mass is 19.4. The Morgan fingerprint density at radius 1 is 1.21 bits per heavy atom. The van der Waals surface area contributed by atoms with Crippen molar-refractivity contribution in [2.45, 2.75) is 25.1 Å². The molecule has 0 radical (unpaired) electrons. The fourth-order valence-corrected chi connectivity index (χ4v) is 4.55. The SMILES string of the molecule is CC[NH+]1C=CC2=C(C#N)[C@H]([NH3+])C(C#N)(C#N)[C@H](c3ccccc3C(F)(F)F)[C@H]2C1. The smallest absolute Gasteiger partial charge is 0.348 e. The van der Waals surface area contributed by atoms with Gasteiger partial charge in [-0.2, -0.15) is 29.0 Å². The summed E-state index contributed by atoms with van der Waals surface area (Å²) in [7, 11) is 0. The first-order valence-corrected chi connectivity index (χ1v) is 9.23. The molecule has 0 amide bonds. The van der Waals surface area contributed by atoms with E-state index in [0.717, 1.165) is 11.0 Å². The maximum Gasteiger partial charge on any atom is 0.416 e. The number of halogens is 3. The average molecular weight is 399 g/mol. The van der Waals surface area contributed by atoms with Gasteiger partial charge < -0.3 is 10.6 Å². The van der Waals surface area contributed by atoms with Gasteiger partial charge >= 0.3 is 6.18 Å². The third-order valence-corrected chi connectivity index (χ3v) is 6.03. The number of nitriles is 3. The average Bonchev–Trinajstić information content (AvgIpc) is 2.72. The molecule has 1 heterocycles. The number of quaternary nitrogens is 2. The van der Waals surface area contributed by atoms with E-state index in [9.17, 15) is 29.0 Å². The van der Waals surface area contributed by atoms with E-state index in [4.69, 9.17) is 0 Å². The van der Waals surface area contributed by atoms with Crippen LogP contribution in [0.15, 0.2) is 47.7 Å². The summed E-state index contributed by atoms with van der Waals surface area (Å²) in [6.07, 6.45) is -1.02. The lowest BCUT2D eigenvalue weighted by Crippen LogP contribution is -3.08. The van der Waals surface area contributed by atoms with Crippen LogP contribution in [-0.2, 0) is 6.18 Å². The number of nitrogens with one attached hydrogen (secondary N) is 1. The van der Waals surface area contributed by atoms with Crippen molar-refractivity contribution in [3.8, 4) is 18.2 Å². The van der Waals surface area contributed by atoms with Crippen molar-refractivity contribution < 1.29 is 23.8 Å². The summed E-state index contributed by atoms with van der Waals surface area (Å²) in [6, 6.07) is 10.0. The van der Waals surface area contributed by atoms with Crippen molar-refractivity contribution in [2.24, 2.45) is 11.3 Å². The van der Waals surface area contributed by atoms with Crippen LogP contribution >= 0.6 is 0 Å². The van der Waals surface area contributed by atoms with E-state index in [1.807, 2.05) is 25.3 Å². The molecule has 0 fully saturated rings. The molecule has 1 unspecified atom stereocenters. The molecule has 0 saturated heterocycles. The van der Waals surface area contributed by atoms with Gasteiger partial charge in [0.05, 0.1) is 42.6 Å². The molecule has 0 bridgehead atoms. The maximum absolute atomic E-state index is 13.8. The summed E-state index contributed by atoms with van der Waals surface area (Å²) in [5, 5.41) is 29.7. The molecule has 4 atom stereocenters. The largest absolute Gasteiger partial charge is 0.416 e. The number of alkyl halides is 3. The first-order chi connectivity index (χ1) is 13.7. The van der Waals surface area contributed by atoms with E-state index < -0.39 is 35.0 Å². The van der Waals surface area contributed by atoms with Gasteiger partial charge in [0.15, 0.2) is 6.04 Å². The predicted molar refractivity (Wildman–Crippen MR) is 96.2 cm³/mol. The van der Waals surface area contributed by atoms with Gasteiger partial charge in [0.25, 0.3) is 0 Å². The Bertz CT molecular complexity index is 989. The van der Waals surface area contributed by atoms with Gasteiger partial charge in [-0.25, -0.2) is 0 Å². The molecule has 8 heteroatoms. The Labute approximate surface area is 166 Å². The molecular weight excluding hydrogens is 379 g/mol. The second-order valence-electron chi connectivity index (χ2n) is 7.34. The van der Waals surface area contributed by atoms with Crippen molar-refractivity contribution in [3.63, 3.8) is 0 Å². The van der Waals surface area contributed by atoms with Crippen molar-refractivity contribution in [2.75, 3.05) is 13.1 Å². The summed E-state index contributed by atoms with van der Waals surface area (Å²) in [6.45, 7) is 3.02. The maximum atomic E-state index is 13.8. The normalized spacial score (nSPS) is 28.1. The van der Waals surface area contributed by atoms with Crippen LogP contribution in [-0.4, -0.2) is 19.1 Å². The summed E-state index contributed by atoms with van der Waals surface area (Å²) in [5.41, 5.74) is 1.83. The molecule has 5 nitrogen and oxygen atoms in total. The van der Waals surface area contributed by atoms with Gasteiger partial charge in [-0.15, -0.1) is 0 Å². The van der Waals surface area contributed by atoms with Crippen molar-refractivity contribution in [1.29, 1.82) is 15.8 Å². The molecule has 29 heavy (non-hydrogen) atoms. The minimum atomic E-state index is -4.63. The fourth-order valence-electron chi connectivity index (χ4n) is 4.55. The van der Waals surface area contributed by atoms with E-state index in [1.54, 1.807) is 6.08 Å². The molecule has 4 N–H and O–H groups in total. The Morgan fingerprint density at radius 3 is 2.41 bits per heavy atom. The van der Waals surface area contributed by atoms with Crippen LogP contribution < -0.4 is 10.6 Å². The summed E-state index contributed by atoms with van der Waals surface area (Å²) < 4.78 is 41.4. The first-order valence-electron chi connectivity index (χ1n) is 9.23. The summed E-state index contributed by atoms with van der Waals surface area (Å²) in [4.78, 5) is 0.998. The molecular formula is C21H20F3N5+2. The zero-order chi connectivity index (χ0) is 21.4. The van der Waals surface area contributed by atoms with Gasteiger partial charge in [0.1, 0.15) is 6.07 Å². The zero-order valence-electron chi connectivity index (χ0n) is 15.8. The van der Waals surface area contributed by atoms with E-state index in [1.165, 1.54) is 18.2 Å². The Kier molecular flexibility index (Phi) is 5.24. The standard InChI is InChI=1S/C21H18F3N5/c1-2-29-8-7-13-15(9-25)19(28)20(11-26,12-27)18(16(13)10-29)14-5-3-4-6-17(14)21(22,23)24/h3-8,16,18-19H,2,10,28H2,1H3/p+2/t16-,18+,19-/m0/s1. The quantitative estimate of drug-likeness (QED) is 0.784. The highest BCUT2D eigenvalue weighted by Crippen LogP contribution is 2.53. The predicted octanol–water partition coefficient (Wildman–Crippen LogP) is 1.32. The monoisotopic (exact) mass is 399 g/mol. The number of benzene rings is 1. The number of fused-ring (bicyclic) bond motifs is 1. The zero-order valence-corrected chi connectivity index (χ0v) is 15.8. The molecule has 1 aromatic carbocycles. The molecule has 0 aromatic heterocycles. The molecule has 1 aliphatic carbocycles. The molecule has 1 aromatic rings. The van der Waals surface area contributed by atoms with Crippen LogP contribution in [0.25, 0.3) is 0 Å². The Balaban J connectivity index is 2.37. The summed E-state index contributed by atoms with van der Waals surface area (Å²) >= 11 is 0. The fraction of sp³-hybridized carbons (Fsp3) is 0.381. The number of allylic oxidation sites excluding steroid dienone is 1. The number of hydrogen-bond acceptors (Lipinski definition) is 3. The Hall–Kier alpha value is -3.12. The first kappa shape index (κ1) is 20.6. The highest BCUT2D eigenvalue weighted by Gasteiger charge is 2.60. The molecule has 0 spiro atoms. The molecule has 148 valence electrons. The lowest BCUT2D eigenvalue weighted by Gasteiger charge is -2.44. The van der Waals surface area contributed by atoms with Gasteiger partial charge in [-0.3, -0.25) is 0 Å². The number of rotatable bonds is 2. The van der Waals surface area contributed by atoms with E-state index in [2.05, 4.69) is 11.8 Å². The summed E-state index contributed by atoms with van der Waals surface area (Å²) in [5.74, 6) is -1.64. The Morgan fingerprint density at radius 2 is 1.86 bits per heavy atom. The van der Waals surface area contributed by atoms with Crippen LogP contribution in [0.5, 0.6) is 0 Å². The molecule has 2 aliphatic rings. The van der Waals surface area contributed by atoms with E-state index in [0.29, 0.717) is 18.7 Å². The van der Waals surface area contributed by atoms with E-state index >= 15 is 0 Å². The minimum absolute atomic E-state index is 0.0954. The van der Waals surface area contributed by atoms with Gasteiger partial charge in [-0.05, 0) is 30.2 Å². The van der Waals surface area contributed by atoms with Gasteiger partial charge in [0, 0.05) is 11.8 Å². The van der Waals surface area contributed by atoms with Crippen molar-refractivity contribution in [1.82, 2.24) is 0 Å². The highest BCUT2D eigenvalue weighted by molar-refractivity contribution is 5.53. The second kappa shape index (κ2) is 7.37. The van der Waals surface area contributed by atoms with Gasteiger partial charge in [-0.1, -0.05) is 18.2 Å². The third kappa shape index (κ3) is 3.09. The lowest BCUT2D eigenvalue weighted by molar-refractivity contribution is -0.850. The number of nitrogens with zero attached hydrogens (tertiary/aromatic N) is 3. The van der Waals surface area contributed by atoms with Gasteiger partial charge in [0.2, 0.25) is 5.41 Å². The van der Waals surface area contributed by atoms with Crippen LogP contribution in [0.4, 0.5) is 13.2 Å². The molecule has 3 rings (SSSR count). The second-order valence-corrected chi connectivity index (χ2v) is 7.34. The van der Waals surface area contributed by atoms with Crippen LogP contribution in [0.1, 0.15) is 24.0 Å². The minimum Gasteiger partial charge on any atom is -0.348 e. The third-order valence-electron chi connectivity index (χ3n) is 6.03. The molecule has 1 aliphatic heterocycles. The van der Waals surface area contributed by atoms with Crippen LogP contribution in [0.2, 0.25) is 0 Å². The van der Waals surface area contributed by atoms with Crippen molar-refractivity contribution in [3.05, 3.63) is 58.8 Å². The van der Waals surface area contributed by atoms with E-state index in [-0.39, 0.29) is 11.1 Å². The van der Waals surface area contributed by atoms with Crippen molar-refractivity contribution >= 4 is 0 Å². The van der Waals surface area contributed by atoms with Crippen LogP contribution in [0, 0.1) is 45.3 Å². The molecule has 0 saturated carbocycles. The number of hydrogen-bond donors (Lipinski definition) is 2. The lowest BCUT2D eigenvalue weighted by atomic mass is 9.55.